The molecule has 0 radical (unpaired) electrons. The Balaban J connectivity index is 1.83. The molecule has 3 N–H and O–H groups in total. The van der Waals surface area contributed by atoms with E-state index in [0.29, 0.717) is 17.1 Å². The first kappa shape index (κ1) is 18.0. The first-order chi connectivity index (χ1) is 12.0. The molecule has 130 valence electrons. The molecule has 0 aliphatic carbocycles. The van der Waals surface area contributed by atoms with Gasteiger partial charge in [-0.15, -0.1) is 0 Å². The molecule has 2 aromatic rings. The molecule has 3 amide bonds. The molecule has 0 bridgehead atoms. The average molecular weight is 341 g/mol. The number of anilines is 2. The maximum absolute atomic E-state index is 11.9. The zero-order chi connectivity index (χ0) is 18.2. The fourth-order valence-electron chi connectivity index (χ4n) is 2.01. The van der Waals surface area contributed by atoms with Crippen LogP contribution >= 0.6 is 0 Å². The van der Waals surface area contributed by atoms with E-state index in [1.54, 1.807) is 36.4 Å². The summed E-state index contributed by atoms with van der Waals surface area (Å²) in [7, 11) is 1.49. The van der Waals surface area contributed by atoms with Crippen molar-refractivity contribution in [3.63, 3.8) is 0 Å². The normalized spacial score (nSPS) is 9.84. The number of benzene rings is 2. The molecule has 25 heavy (non-hydrogen) atoms. The molecule has 2 rings (SSSR count). The minimum absolute atomic E-state index is 0.335. The molecule has 0 heterocycles. The van der Waals surface area contributed by atoms with E-state index in [1.807, 2.05) is 19.1 Å². The van der Waals surface area contributed by atoms with Crippen molar-refractivity contribution in [2.45, 2.75) is 6.92 Å². The van der Waals surface area contributed by atoms with Gasteiger partial charge >= 0.3 is 11.8 Å². The summed E-state index contributed by atoms with van der Waals surface area (Å²) in [4.78, 5) is 35.5. The molecule has 0 aliphatic rings. The molecular formula is C18H19N3O4. The number of para-hydroxylation sites is 2. The number of aryl methyl sites for hydroxylation is 1. The lowest BCUT2D eigenvalue weighted by molar-refractivity contribution is -0.136. The van der Waals surface area contributed by atoms with Crippen molar-refractivity contribution in [3.05, 3.63) is 54.1 Å². The monoisotopic (exact) mass is 341 g/mol. The molecule has 0 unspecified atom stereocenters. The summed E-state index contributed by atoms with van der Waals surface area (Å²) in [6.45, 7) is 1.58. The molecule has 0 saturated carbocycles. The van der Waals surface area contributed by atoms with Gasteiger partial charge < -0.3 is 20.7 Å². The first-order valence-electron chi connectivity index (χ1n) is 7.58. The molecule has 7 heteroatoms. The summed E-state index contributed by atoms with van der Waals surface area (Å²) >= 11 is 0. The van der Waals surface area contributed by atoms with E-state index in [4.69, 9.17) is 4.74 Å². The van der Waals surface area contributed by atoms with Crippen molar-refractivity contribution < 1.29 is 19.1 Å². The highest BCUT2D eigenvalue weighted by Gasteiger charge is 2.15. The van der Waals surface area contributed by atoms with Crippen molar-refractivity contribution in [2.75, 3.05) is 24.3 Å². The number of amides is 3. The molecule has 0 atom stereocenters. The lowest BCUT2D eigenvalue weighted by atomic mass is 10.2. The Bertz CT molecular complexity index is 772. The highest BCUT2D eigenvalue weighted by Crippen LogP contribution is 2.22. The minimum Gasteiger partial charge on any atom is -0.495 e. The van der Waals surface area contributed by atoms with Crippen LogP contribution in [0.1, 0.15) is 5.56 Å². The standard InChI is InChI=1S/C18H19N3O4/c1-12-7-9-13(10-8-12)20-18(24)17(23)19-11-16(22)21-14-5-3-4-6-15(14)25-2/h3-10H,11H2,1-2H3,(H,19,23)(H,20,24)(H,21,22). The van der Waals surface area contributed by atoms with Gasteiger partial charge in [0.1, 0.15) is 5.75 Å². The van der Waals surface area contributed by atoms with Gasteiger partial charge in [0.2, 0.25) is 5.91 Å². The Kier molecular flexibility index (Phi) is 6.11. The van der Waals surface area contributed by atoms with Crippen LogP contribution in [0.3, 0.4) is 0 Å². The third-order valence-electron chi connectivity index (χ3n) is 3.31. The third kappa shape index (κ3) is 5.35. The van der Waals surface area contributed by atoms with Gasteiger partial charge in [-0.2, -0.15) is 0 Å². The largest absolute Gasteiger partial charge is 0.495 e. The van der Waals surface area contributed by atoms with Crippen LogP contribution in [0.25, 0.3) is 0 Å². The Hall–Kier alpha value is -3.35. The topological polar surface area (TPSA) is 96.5 Å². The van der Waals surface area contributed by atoms with Crippen LogP contribution < -0.4 is 20.7 Å². The second-order valence-electron chi connectivity index (χ2n) is 5.25. The van der Waals surface area contributed by atoms with E-state index < -0.39 is 17.7 Å². The van der Waals surface area contributed by atoms with Gasteiger partial charge in [-0.25, -0.2) is 0 Å². The first-order valence-corrected chi connectivity index (χ1v) is 7.58. The number of hydrogen-bond acceptors (Lipinski definition) is 4. The van der Waals surface area contributed by atoms with E-state index in [2.05, 4.69) is 16.0 Å². The number of rotatable bonds is 5. The van der Waals surface area contributed by atoms with Gasteiger partial charge in [-0.3, -0.25) is 14.4 Å². The number of nitrogens with one attached hydrogen (secondary N) is 3. The second-order valence-corrected chi connectivity index (χ2v) is 5.25. The van der Waals surface area contributed by atoms with E-state index >= 15 is 0 Å². The number of methoxy groups -OCH3 is 1. The molecule has 2 aromatic carbocycles. The van der Waals surface area contributed by atoms with Gasteiger partial charge in [0.25, 0.3) is 0 Å². The Morgan fingerprint density at radius 2 is 1.60 bits per heavy atom. The van der Waals surface area contributed by atoms with Crippen molar-refractivity contribution in [2.24, 2.45) is 0 Å². The van der Waals surface area contributed by atoms with Gasteiger partial charge in [0.05, 0.1) is 19.3 Å². The molecule has 7 nitrogen and oxygen atoms in total. The van der Waals surface area contributed by atoms with Gasteiger partial charge in [-0.05, 0) is 31.2 Å². The summed E-state index contributed by atoms with van der Waals surface area (Å²) in [5.74, 6) is -1.70. The van der Waals surface area contributed by atoms with Crippen LogP contribution in [0.5, 0.6) is 5.75 Å². The molecule has 0 aromatic heterocycles. The van der Waals surface area contributed by atoms with Crippen molar-refractivity contribution in [3.8, 4) is 5.75 Å². The third-order valence-corrected chi connectivity index (χ3v) is 3.31. The quantitative estimate of drug-likeness (QED) is 0.721. The van der Waals surface area contributed by atoms with E-state index in [0.717, 1.165) is 5.56 Å². The van der Waals surface area contributed by atoms with Crippen LogP contribution in [0.2, 0.25) is 0 Å². The maximum Gasteiger partial charge on any atom is 0.313 e. The average Bonchev–Trinajstić information content (AvgIpc) is 2.62. The fraction of sp³-hybridized carbons (Fsp3) is 0.167. The second kappa shape index (κ2) is 8.49. The van der Waals surface area contributed by atoms with Crippen LogP contribution in [-0.4, -0.2) is 31.4 Å². The zero-order valence-corrected chi connectivity index (χ0v) is 14.0. The SMILES string of the molecule is COc1ccccc1NC(=O)CNC(=O)C(=O)Nc1ccc(C)cc1. The fourth-order valence-corrected chi connectivity index (χ4v) is 2.01. The van der Waals surface area contributed by atoms with Gasteiger partial charge in [0, 0.05) is 5.69 Å². The number of ether oxygens (including phenoxy) is 1. The number of carbonyl (C=O) groups excluding carboxylic acids is 3. The predicted octanol–water partition coefficient (Wildman–Crippen LogP) is 1.70. The Morgan fingerprint density at radius 3 is 2.28 bits per heavy atom. The summed E-state index contributed by atoms with van der Waals surface area (Å²) in [5, 5.41) is 7.33. The molecule has 0 aliphatic heterocycles. The predicted molar refractivity (Wildman–Crippen MR) is 94.4 cm³/mol. The smallest absolute Gasteiger partial charge is 0.313 e. The lowest BCUT2D eigenvalue weighted by Crippen LogP contribution is -2.39. The van der Waals surface area contributed by atoms with Crippen molar-refractivity contribution >= 4 is 29.1 Å². The highest BCUT2D eigenvalue weighted by atomic mass is 16.5. The number of hydrogen-bond donors (Lipinski definition) is 3. The number of carbonyl (C=O) groups is 3. The van der Waals surface area contributed by atoms with Gasteiger partial charge in [0.15, 0.2) is 0 Å². The summed E-state index contributed by atoms with van der Waals surface area (Å²) < 4.78 is 5.12. The van der Waals surface area contributed by atoms with Crippen LogP contribution in [0.15, 0.2) is 48.5 Å². The molecule has 0 spiro atoms. The van der Waals surface area contributed by atoms with Crippen LogP contribution in [0, 0.1) is 6.92 Å². The van der Waals surface area contributed by atoms with Crippen molar-refractivity contribution in [1.29, 1.82) is 0 Å². The zero-order valence-electron chi connectivity index (χ0n) is 14.0. The summed E-state index contributed by atoms with van der Waals surface area (Å²) in [6, 6.07) is 13.9. The molecular weight excluding hydrogens is 322 g/mol. The van der Waals surface area contributed by atoms with E-state index in [-0.39, 0.29) is 6.54 Å². The lowest BCUT2D eigenvalue weighted by Gasteiger charge is -2.10. The van der Waals surface area contributed by atoms with Gasteiger partial charge in [-0.1, -0.05) is 29.8 Å². The summed E-state index contributed by atoms with van der Waals surface area (Å²) in [5.41, 5.74) is 2.02. The van der Waals surface area contributed by atoms with Crippen LogP contribution in [0.4, 0.5) is 11.4 Å². The van der Waals surface area contributed by atoms with E-state index in [1.165, 1.54) is 7.11 Å². The van der Waals surface area contributed by atoms with Crippen molar-refractivity contribution in [1.82, 2.24) is 5.32 Å². The molecule has 0 saturated heterocycles. The minimum atomic E-state index is -0.893. The Labute approximate surface area is 145 Å². The summed E-state index contributed by atoms with van der Waals surface area (Å²) in [6.07, 6.45) is 0. The maximum atomic E-state index is 11.9. The molecule has 0 fully saturated rings. The van der Waals surface area contributed by atoms with Crippen LogP contribution in [-0.2, 0) is 14.4 Å². The van der Waals surface area contributed by atoms with E-state index in [9.17, 15) is 14.4 Å². The Morgan fingerprint density at radius 1 is 0.920 bits per heavy atom. The highest BCUT2D eigenvalue weighted by molar-refractivity contribution is 6.39.